The highest BCUT2D eigenvalue weighted by atomic mass is 19.4. The molecule has 8 heteroatoms. The van der Waals surface area contributed by atoms with E-state index in [-0.39, 0.29) is 24.1 Å². The molecule has 110 valence electrons. The van der Waals surface area contributed by atoms with Crippen LogP contribution in [0.4, 0.5) is 17.6 Å². The van der Waals surface area contributed by atoms with Crippen LogP contribution in [-0.2, 0) is 17.5 Å². The predicted molar refractivity (Wildman–Crippen MR) is 61.5 cm³/mol. The number of hydrazine groups is 1. The molecule has 0 spiro atoms. The van der Waals surface area contributed by atoms with Crippen LogP contribution < -0.4 is 5.43 Å². The number of carbonyl (C=O) groups excluding carboxylic acids is 1. The van der Waals surface area contributed by atoms with Crippen molar-refractivity contribution in [3.8, 4) is 0 Å². The summed E-state index contributed by atoms with van der Waals surface area (Å²) in [6, 6.07) is 0.396. The summed E-state index contributed by atoms with van der Waals surface area (Å²) in [6.45, 7) is -0.154. The summed E-state index contributed by atoms with van der Waals surface area (Å²) in [6.07, 6.45) is -2.39. The Morgan fingerprint density at radius 1 is 1.50 bits per heavy atom. The third-order valence-corrected chi connectivity index (χ3v) is 2.99. The van der Waals surface area contributed by atoms with Crippen LogP contribution in [0.5, 0.6) is 0 Å². The van der Waals surface area contributed by atoms with E-state index in [0.29, 0.717) is 12.3 Å². The first-order valence-corrected chi connectivity index (χ1v) is 6.01. The first-order chi connectivity index (χ1) is 9.29. The minimum Gasteiger partial charge on any atom is -0.281 e. The molecule has 0 aliphatic heterocycles. The van der Waals surface area contributed by atoms with E-state index in [2.05, 4.69) is 10.4 Å². The summed E-state index contributed by atoms with van der Waals surface area (Å²) < 4.78 is 50.5. The highest BCUT2D eigenvalue weighted by molar-refractivity contribution is 5.80. The Bertz CT molecular complexity index is 514. The number of carbonyl (C=O) groups is 1. The van der Waals surface area contributed by atoms with E-state index < -0.39 is 17.6 Å². The topological polar surface area (TPSA) is 45.2 Å². The summed E-state index contributed by atoms with van der Waals surface area (Å²) in [5.74, 6) is -1.17. The predicted octanol–water partition coefficient (Wildman–Crippen LogP) is 2.11. The van der Waals surface area contributed by atoms with E-state index in [1.165, 1.54) is 12.1 Å². The van der Waals surface area contributed by atoms with Gasteiger partial charge in [0.25, 0.3) is 0 Å². The summed E-state index contributed by atoms with van der Waals surface area (Å²) >= 11 is 0. The van der Waals surface area contributed by atoms with E-state index in [1.54, 1.807) is 0 Å². The average molecular weight is 291 g/mol. The van der Waals surface area contributed by atoms with Crippen LogP contribution >= 0.6 is 0 Å². The fourth-order valence-electron chi connectivity index (χ4n) is 1.63. The van der Waals surface area contributed by atoms with Crippen LogP contribution in [-0.4, -0.2) is 22.9 Å². The van der Waals surface area contributed by atoms with Gasteiger partial charge >= 0.3 is 6.18 Å². The van der Waals surface area contributed by atoms with E-state index in [1.807, 2.05) is 0 Å². The zero-order chi connectivity index (χ0) is 14.9. The second kappa shape index (κ2) is 5.35. The molecule has 20 heavy (non-hydrogen) atoms. The molecule has 1 aliphatic carbocycles. The van der Waals surface area contributed by atoms with Crippen LogP contribution in [0, 0.1) is 11.7 Å². The number of aromatic nitrogens is 1. The number of halogens is 4. The van der Waals surface area contributed by atoms with Crippen molar-refractivity contribution in [1.29, 1.82) is 0 Å². The lowest BCUT2D eigenvalue weighted by Gasteiger charge is -2.18. The monoisotopic (exact) mass is 291 g/mol. The first kappa shape index (κ1) is 14.7. The zero-order valence-corrected chi connectivity index (χ0v) is 10.7. The van der Waals surface area contributed by atoms with Crippen molar-refractivity contribution in [2.75, 3.05) is 7.05 Å². The van der Waals surface area contributed by atoms with Gasteiger partial charge in [0.05, 0.1) is 17.8 Å². The molecular formula is C12H13F4N3O. The largest absolute Gasteiger partial charge is 0.417 e. The number of hydrogen-bond acceptors (Lipinski definition) is 3. The maximum Gasteiger partial charge on any atom is 0.417 e. The third-order valence-electron chi connectivity index (χ3n) is 2.99. The number of alkyl halides is 3. The quantitative estimate of drug-likeness (QED) is 0.682. The molecule has 0 bridgehead atoms. The van der Waals surface area contributed by atoms with Gasteiger partial charge in [-0.2, -0.15) is 13.2 Å². The van der Waals surface area contributed by atoms with Gasteiger partial charge in [-0.3, -0.25) is 14.8 Å². The van der Waals surface area contributed by atoms with Gasteiger partial charge in [-0.1, -0.05) is 0 Å². The number of nitrogens with one attached hydrogen (secondary N) is 1. The number of rotatable bonds is 4. The molecule has 0 atom stereocenters. The van der Waals surface area contributed by atoms with E-state index in [0.717, 1.165) is 12.8 Å². The molecule has 1 aromatic heterocycles. The third kappa shape index (κ3) is 3.44. The Labute approximate surface area is 112 Å². The molecule has 1 saturated carbocycles. The van der Waals surface area contributed by atoms with Crippen molar-refractivity contribution in [3.05, 3.63) is 29.3 Å². The highest BCUT2D eigenvalue weighted by Gasteiger charge is 2.33. The Hall–Kier alpha value is -1.70. The van der Waals surface area contributed by atoms with E-state index in [4.69, 9.17) is 0 Å². The Morgan fingerprint density at radius 3 is 2.65 bits per heavy atom. The minimum absolute atomic E-state index is 0.00193. The first-order valence-electron chi connectivity index (χ1n) is 6.01. The normalized spacial score (nSPS) is 15.2. The second-order valence-electron chi connectivity index (χ2n) is 4.66. The molecule has 1 heterocycles. The van der Waals surface area contributed by atoms with Crippen LogP contribution in [0.25, 0.3) is 0 Å². The zero-order valence-electron chi connectivity index (χ0n) is 10.7. The van der Waals surface area contributed by atoms with E-state index in [9.17, 15) is 22.4 Å². The fraction of sp³-hybridized carbons (Fsp3) is 0.500. The lowest BCUT2D eigenvalue weighted by molar-refractivity contribution is -0.138. The fourth-order valence-corrected chi connectivity index (χ4v) is 1.63. The molecule has 0 radical (unpaired) electrons. The van der Waals surface area contributed by atoms with Crippen LogP contribution in [0.2, 0.25) is 0 Å². The van der Waals surface area contributed by atoms with Crippen molar-refractivity contribution in [2.45, 2.75) is 25.6 Å². The molecular weight excluding hydrogens is 278 g/mol. The summed E-state index contributed by atoms with van der Waals surface area (Å²) in [7, 11) is 1.49. The maximum atomic E-state index is 13.5. The second-order valence-corrected chi connectivity index (χ2v) is 4.66. The van der Waals surface area contributed by atoms with Gasteiger partial charge in [0, 0.05) is 19.2 Å². The van der Waals surface area contributed by atoms with Crippen LogP contribution in [0.1, 0.15) is 24.1 Å². The number of pyridine rings is 1. The van der Waals surface area contributed by atoms with Gasteiger partial charge in [-0.15, -0.1) is 0 Å². The highest BCUT2D eigenvalue weighted by Crippen LogP contribution is 2.30. The molecule has 0 aromatic carbocycles. The van der Waals surface area contributed by atoms with Crippen molar-refractivity contribution in [3.63, 3.8) is 0 Å². The molecule has 0 unspecified atom stereocenters. The molecule has 1 aromatic rings. The van der Waals surface area contributed by atoms with Crippen molar-refractivity contribution < 1.29 is 22.4 Å². The number of hydrogen-bond donors (Lipinski definition) is 1. The average Bonchev–Trinajstić information content (AvgIpc) is 3.19. The molecule has 1 N–H and O–H groups in total. The molecule has 0 saturated heterocycles. The molecule has 1 fully saturated rings. The van der Waals surface area contributed by atoms with Gasteiger partial charge in [0.15, 0.2) is 0 Å². The summed E-state index contributed by atoms with van der Waals surface area (Å²) in [4.78, 5) is 15.0. The number of amides is 1. The Morgan fingerprint density at radius 2 is 2.15 bits per heavy atom. The van der Waals surface area contributed by atoms with Crippen LogP contribution in [0.15, 0.2) is 12.3 Å². The van der Waals surface area contributed by atoms with Gasteiger partial charge in [-0.05, 0) is 18.9 Å². The minimum atomic E-state index is -4.63. The van der Waals surface area contributed by atoms with Crippen molar-refractivity contribution in [2.24, 2.45) is 5.92 Å². The molecule has 4 nitrogen and oxygen atoms in total. The SMILES string of the molecule is CN(NCc1ncc(C(F)(F)F)cc1F)C(=O)C1CC1. The van der Waals surface area contributed by atoms with Gasteiger partial charge < -0.3 is 0 Å². The lowest BCUT2D eigenvalue weighted by atomic mass is 10.2. The summed E-state index contributed by atoms with van der Waals surface area (Å²) in [5.41, 5.74) is 1.31. The lowest BCUT2D eigenvalue weighted by Crippen LogP contribution is -2.40. The smallest absolute Gasteiger partial charge is 0.281 e. The molecule has 2 rings (SSSR count). The van der Waals surface area contributed by atoms with E-state index >= 15 is 0 Å². The maximum absolute atomic E-state index is 13.5. The van der Waals surface area contributed by atoms with Gasteiger partial charge in [0.1, 0.15) is 5.82 Å². The Balaban J connectivity index is 1.97. The van der Waals surface area contributed by atoms with Crippen molar-refractivity contribution in [1.82, 2.24) is 15.4 Å². The number of nitrogens with zero attached hydrogens (tertiary/aromatic N) is 2. The summed E-state index contributed by atoms with van der Waals surface area (Å²) in [5, 5.41) is 1.22. The van der Waals surface area contributed by atoms with Gasteiger partial charge in [-0.25, -0.2) is 9.82 Å². The molecule has 1 amide bonds. The van der Waals surface area contributed by atoms with Gasteiger partial charge in [0.2, 0.25) is 5.91 Å². The Kier molecular flexibility index (Phi) is 3.94. The van der Waals surface area contributed by atoms with Crippen molar-refractivity contribution >= 4 is 5.91 Å². The van der Waals surface area contributed by atoms with Crippen LogP contribution in [0.3, 0.4) is 0 Å². The molecule has 1 aliphatic rings. The standard InChI is InChI=1S/C12H13F4N3O/c1-19(11(20)7-2-3-7)18-6-10-9(13)4-8(5-17-10)12(14,15)16/h4-5,7,18H,2-3,6H2,1H3.